The van der Waals surface area contributed by atoms with Crippen LogP contribution in [-0.2, 0) is 0 Å². The van der Waals surface area contributed by atoms with Gasteiger partial charge in [0.05, 0.1) is 30.7 Å². The number of aryl methyl sites for hydroxylation is 2. The Morgan fingerprint density at radius 3 is 2.30 bits per heavy atom. The van der Waals surface area contributed by atoms with Crippen LogP contribution in [0.4, 0.5) is 11.5 Å². The van der Waals surface area contributed by atoms with E-state index in [-0.39, 0.29) is 22.7 Å². The van der Waals surface area contributed by atoms with E-state index in [1.54, 1.807) is 4.90 Å². The van der Waals surface area contributed by atoms with E-state index in [1.165, 1.54) is 26.4 Å². The lowest BCUT2D eigenvalue weighted by atomic mass is 10.1. The van der Waals surface area contributed by atoms with Gasteiger partial charge in [-0.1, -0.05) is 18.2 Å². The summed E-state index contributed by atoms with van der Waals surface area (Å²) in [4.78, 5) is 32.9. The van der Waals surface area contributed by atoms with Crippen LogP contribution in [0.25, 0.3) is 10.9 Å². The maximum atomic E-state index is 13.2. The fourth-order valence-corrected chi connectivity index (χ4v) is 4.21. The molecule has 0 unspecified atom stereocenters. The number of carbonyl (C=O) groups excluding carboxylic acids is 1. The van der Waals surface area contributed by atoms with E-state index in [0.717, 1.165) is 27.8 Å². The number of hydrogen-bond acceptors (Lipinski definition) is 7. The summed E-state index contributed by atoms with van der Waals surface area (Å²) in [6, 6.07) is 10.8. The topological polar surface area (TPSA) is 98.0 Å². The second-order valence-corrected chi connectivity index (χ2v) is 8.03. The highest BCUT2D eigenvalue weighted by Gasteiger charge is 2.30. The van der Waals surface area contributed by atoms with Crippen LogP contribution in [0.5, 0.6) is 11.5 Å². The second kappa shape index (κ2) is 8.93. The molecule has 0 N–H and O–H groups in total. The van der Waals surface area contributed by atoms with Crippen molar-refractivity contribution in [2.24, 2.45) is 0 Å². The number of methoxy groups -OCH3 is 2. The Labute approximate surface area is 191 Å². The first-order valence-electron chi connectivity index (χ1n) is 10.7. The molecule has 0 saturated carbocycles. The summed E-state index contributed by atoms with van der Waals surface area (Å²) in [6.07, 6.45) is 0. The van der Waals surface area contributed by atoms with E-state index < -0.39 is 10.8 Å². The summed E-state index contributed by atoms with van der Waals surface area (Å²) in [7, 11) is 2.82. The Bertz CT molecular complexity index is 1240. The maximum absolute atomic E-state index is 13.2. The summed E-state index contributed by atoms with van der Waals surface area (Å²) in [5, 5.41) is 12.7. The molecule has 0 radical (unpaired) electrons. The van der Waals surface area contributed by atoms with Gasteiger partial charge in [-0.3, -0.25) is 14.9 Å². The zero-order chi connectivity index (χ0) is 23.7. The first-order chi connectivity index (χ1) is 15.8. The molecule has 0 aliphatic carbocycles. The van der Waals surface area contributed by atoms with Crippen molar-refractivity contribution in [3.05, 3.63) is 63.2 Å². The third-order valence-electron chi connectivity index (χ3n) is 6.05. The standard InChI is InChI=1S/C24H26N4O5/c1-15-6-5-7-17-16(2)12-22(25-23(15)17)26-8-10-27(11-9-26)24(29)18-13-20(32-3)21(33-4)14-19(18)28(30)31/h5-7,12-14H,8-11H2,1-4H3. The minimum atomic E-state index is -0.574. The third-order valence-corrected chi connectivity index (χ3v) is 6.05. The van der Waals surface area contributed by atoms with Crippen LogP contribution in [0.15, 0.2) is 36.4 Å². The Morgan fingerprint density at radius 1 is 1.00 bits per heavy atom. The van der Waals surface area contributed by atoms with Crippen molar-refractivity contribution in [3.63, 3.8) is 0 Å². The van der Waals surface area contributed by atoms with Crippen LogP contribution in [-0.4, -0.2) is 61.1 Å². The normalized spacial score (nSPS) is 13.8. The predicted octanol–water partition coefficient (Wildman–Crippen LogP) is 3.74. The minimum absolute atomic E-state index is 0.0126. The number of nitro groups is 1. The number of piperazine rings is 1. The number of nitro benzene ring substituents is 1. The molecular weight excluding hydrogens is 424 g/mol. The van der Waals surface area contributed by atoms with Gasteiger partial charge in [0.25, 0.3) is 11.6 Å². The summed E-state index contributed by atoms with van der Waals surface area (Å²) in [5.74, 6) is 0.953. The van der Waals surface area contributed by atoms with Gasteiger partial charge in [-0.2, -0.15) is 0 Å². The molecule has 33 heavy (non-hydrogen) atoms. The van der Waals surface area contributed by atoms with Gasteiger partial charge in [0.2, 0.25) is 0 Å². The number of aromatic nitrogens is 1. The monoisotopic (exact) mass is 450 g/mol. The number of carbonyl (C=O) groups is 1. The van der Waals surface area contributed by atoms with Crippen molar-refractivity contribution >= 4 is 28.3 Å². The smallest absolute Gasteiger partial charge is 0.286 e. The van der Waals surface area contributed by atoms with Gasteiger partial charge in [-0.15, -0.1) is 0 Å². The Kier molecular flexibility index (Phi) is 6.04. The molecule has 2 heterocycles. The highest BCUT2D eigenvalue weighted by Crippen LogP contribution is 2.35. The van der Waals surface area contributed by atoms with Crippen LogP contribution in [0.3, 0.4) is 0 Å². The average Bonchev–Trinajstić information content (AvgIpc) is 2.83. The van der Waals surface area contributed by atoms with Gasteiger partial charge >= 0.3 is 0 Å². The Morgan fingerprint density at radius 2 is 1.67 bits per heavy atom. The van der Waals surface area contributed by atoms with Gasteiger partial charge in [-0.25, -0.2) is 4.98 Å². The van der Waals surface area contributed by atoms with E-state index >= 15 is 0 Å². The molecule has 9 nitrogen and oxygen atoms in total. The largest absolute Gasteiger partial charge is 0.493 e. The summed E-state index contributed by atoms with van der Waals surface area (Å²) >= 11 is 0. The average molecular weight is 450 g/mol. The van der Waals surface area contributed by atoms with Crippen molar-refractivity contribution in [2.75, 3.05) is 45.3 Å². The van der Waals surface area contributed by atoms with Gasteiger partial charge in [0, 0.05) is 37.6 Å². The number of ether oxygens (including phenoxy) is 2. The number of para-hydroxylation sites is 1. The van der Waals surface area contributed by atoms with Crippen molar-refractivity contribution < 1.29 is 19.2 Å². The summed E-state index contributed by atoms with van der Waals surface area (Å²) in [6.45, 7) is 6.13. The van der Waals surface area contributed by atoms with Crippen LogP contribution >= 0.6 is 0 Å². The molecule has 0 atom stereocenters. The molecule has 1 aliphatic rings. The molecule has 1 saturated heterocycles. The molecule has 1 amide bonds. The van der Waals surface area contributed by atoms with Crippen LogP contribution in [0, 0.1) is 24.0 Å². The van der Waals surface area contributed by atoms with Gasteiger partial charge in [-0.05, 0) is 31.0 Å². The maximum Gasteiger partial charge on any atom is 0.286 e. The SMILES string of the molecule is COc1cc(C(=O)N2CCN(c3cc(C)c4cccc(C)c4n3)CC2)c([N+](=O)[O-])cc1OC. The quantitative estimate of drug-likeness (QED) is 0.431. The second-order valence-electron chi connectivity index (χ2n) is 8.03. The number of nitrogens with zero attached hydrogens (tertiary/aromatic N) is 4. The first-order valence-corrected chi connectivity index (χ1v) is 10.7. The van der Waals surface area contributed by atoms with Crippen molar-refractivity contribution in [1.82, 2.24) is 9.88 Å². The minimum Gasteiger partial charge on any atom is -0.493 e. The first kappa shape index (κ1) is 22.3. The predicted molar refractivity (Wildman–Crippen MR) is 126 cm³/mol. The summed E-state index contributed by atoms with van der Waals surface area (Å²) in [5.41, 5.74) is 2.93. The third kappa shape index (κ3) is 4.13. The lowest BCUT2D eigenvalue weighted by Gasteiger charge is -2.35. The van der Waals surface area contributed by atoms with Gasteiger partial charge in [0.1, 0.15) is 11.4 Å². The number of rotatable bonds is 5. The van der Waals surface area contributed by atoms with Gasteiger partial charge < -0.3 is 19.3 Å². The molecule has 3 aromatic rings. The number of benzene rings is 2. The zero-order valence-electron chi connectivity index (χ0n) is 19.1. The molecule has 9 heteroatoms. The molecule has 172 valence electrons. The van der Waals surface area contributed by atoms with E-state index in [4.69, 9.17) is 14.5 Å². The number of hydrogen-bond donors (Lipinski definition) is 0. The van der Waals surface area contributed by atoms with Crippen molar-refractivity contribution in [1.29, 1.82) is 0 Å². The number of fused-ring (bicyclic) bond motifs is 1. The molecule has 4 rings (SSSR count). The lowest BCUT2D eigenvalue weighted by molar-refractivity contribution is -0.385. The van der Waals surface area contributed by atoms with Crippen molar-refractivity contribution in [2.45, 2.75) is 13.8 Å². The number of pyridine rings is 1. The Balaban J connectivity index is 1.56. The lowest BCUT2D eigenvalue weighted by Crippen LogP contribution is -2.49. The Hall–Kier alpha value is -3.88. The van der Waals surface area contributed by atoms with Crippen LogP contribution < -0.4 is 14.4 Å². The van der Waals surface area contributed by atoms with Crippen LogP contribution in [0.2, 0.25) is 0 Å². The van der Waals surface area contributed by atoms with E-state index in [1.807, 2.05) is 19.1 Å². The number of amides is 1. The molecule has 0 bridgehead atoms. The number of anilines is 1. The zero-order valence-corrected chi connectivity index (χ0v) is 19.1. The molecular formula is C24H26N4O5. The van der Waals surface area contributed by atoms with Crippen molar-refractivity contribution in [3.8, 4) is 11.5 Å². The highest BCUT2D eigenvalue weighted by molar-refractivity contribution is 5.99. The molecule has 1 aromatic heterocycles. The van der Waals surface area contributed by atoms with Gasteiger partial charge in [0.15, 0.2) is 11.5 Å². The fraction of sp³-hybridized carbons (Fsp3) is 0.333. The summed E-state index contributed by atoms with van der Waals surface area (Å²) < 4.78 is 10.4. The van der Waals surface area contributed by atoms with E-state index in [2.05, 4.69) is 24.0 Å². The molecule has 1 fully saturated rings. The molecule has 1 aliphatic heterocycles. The highest BCUT2D eigenvalue weighted by atomic mass is 16.6. The fourth-order valence-electron chi connectivity index (χ4n) is 4.21. The van der Waals surface area contributed by atoms with E-state index in [0.29, 0.717) is 26.2 Å². The van der Waals surface area contributed by atoms with E-state index in [9.17, 15) is 14.9 Å². The molecule has 2 aromatic carbocycles. The molecule has 0 spiro atoms. The van der Waals surface area contributed by atoms with Crippen LogP contribution in [0.1, 0.15) is 21.5 Å².